The van der Waals surface area contributed by atoms with Gasteiger partial charge in [-0.2, -0.15) is 0 Å². The number of nitrogens with zero attached hydrogens (tertiary/aromatic N) is 6. The van der Waals surface area contributed by atoms with E-state index in [1.807, 2.05) is 70.9 Å². The highest BCUT2D eigenvalue weighted by atomic mass is 16.5. The van der Waals surface area contributed by atoms with Crippen LogP contribution in [0.5, 0.6) is 0 Å². The van der Waals surface area contributed by atoms with Gasteiger partial charge in [0.2, 0.25) is 5.91 Å². The van der Waals surface area contributed by atoms with E-state index < -0.39 is 0 Å². The van der Waals surface area contributed by atoms with Gasteiger partial charge >= 0.3 is 0 Å². The fourth-order valence-corrected chi connectivity index (χ4v) is 5.86. The molecule has 2 N–H and O–H groups in total. The number of rotatable bonds is 8. The molecule has 1 amide bonds. The molecule has 2 aliphatic heterocycles. The highest BCUT2D eigenvalue weighted by Gasteiger charge is 2.48. The fourth-order valence-electron chi connectivity index (χ4n) is 5.86. The Hall–Kier alpha value is -4.41. The molecule has 10 nitrogen and oxygen atoms in total. The van der Waals surface area contributed by atoms with Crippen LogP contribution in [0, 0.1) is 5.92 Å². The third-order valence-electron chi connectivity index (χ3n) is 7.83. The van der Waals surface area contributed by atoms with Gasteiger partial charge in [0.1, 0.15) is 22.9 Å². The number of carbonyl (C=O) groups is 2. The predicted octanol–water partition coefficient (Wildman–Crippen LogP) is 3.21. The summed E-state index contributed by atoms with van der Waals surface area (Å²) in [5, 5.41) is 0. The third-order valence-corrected chi connectivity index (χ3v) is 7.83. The molecule has 1 aromatic carbocycles. The quantitative estimate of drug-likeness (QED) is 0.262. The average Bonchev–Trinajstić information content (AvgIpc) is 3.67. The average molecular weight is 552 g/mol. The van der Waals surface area contributed by atoms with Crippen LogP contribution in [0.1, 0.15) is 34.3 Å². The number of nitrogen functional groups attached to an aromatic ring is 1. The number of anilines is 1. The van der Waals surface area contributed by atoms with Crippen LogP contribution in [0.3, 0.4) is 0 Å². The van der Waals surface area contributed by atoms with Gasteiger partial charge in [-0.15, -0.1) is 0 Å². The van der Waals surface area contributed by atoms with Crippen molar-refractivity contribution in [3.8, 4) is 11.3 Å². The molecule has 0 saturated carbocycles. The zero-order valence-corrected chi connectivity index (χ0v) is 23.2. The monoisotopic (exact) mass is 551 g/mol. The van der Waals surface area contributed by atoms with Crippen LogP contribution in [0.15, 0.2) is 73.2 Å². The molecule has 2 saturated heterocycles. The van der Waals surface area contributed by atoms with Gasteiger partial charge in [0, 0.05) is 54.0 Å². The smallest absolute Gasteiger partial charge is 0.247 e. The van der Waals surface area contributed by atoms with E-state index in [2.05, 4.69) is 9.97 Å². The first-order chi connectivity index (χ1) is 19.9. The summed E-state index contributed by atoms with van der Waals surface area (Å²) < 4.78 is 7.71. The van der Waals surface area contributed by atoms with Gasteiger partial charge < -0.3 is 20.3 Å². The van der Waals surface area contributed by atoms with Gasteiger partial charge in [0.25, 0.3) is 0 Å². The maximum absolute atomic E-state index is 13.5. The van der Waals surface area contributed by atoms with Gasteiger partial charge in [0.15, 0.2) is 5.78 Å². The van der Waals surface area contributed by atoms with E-state index in [-0.39, 0.29) is 36.1 Å². The lowest BCUT2D eigenvalue weighted by Crippen LogP contribution is -2.39. The molecule has 10 heteroatoms. The molecule has 0 spiro atoms. The number of carbonyl (C=O) groups excluding carboxylic acids is 2. The minimum Gasteiger partial charge on any atom is -0.382 e. The number of ether oxygens (including phenoxy) is 1. The molecular weight excluding hydrogens is 518 g/mol. The summed E-state index contributed by atoms with van der Waals surface area (Å²) in [5.74, 6) is 1.27. The fraction of sp³-hybridized carbons (Fsp3) is 0.323. The van der Waals surface area contributed by atoms with Crippen LogP contribution in [-0.2, 0) is 16.0 Å². The standard InChI is InChI=1S/C31H33N7O3/c1-36(2)14-5-7-27(40)38-24(16-22-18-41-19-25(22)38)31-35-28(29-30(32)34-13-15-37(29)31)21-10-8-20(9-11-21)26(39)17-23-6-3-4-12-33-23/h3-13,15,22,24-25H,14,16-19H2,1-2H3,(H2,32,34)/b7-5+/t22-,24-,25+/m0/s1. The van der Waals surface area contributed by atoms with Crippen molar-refractivity contribution < 1.29 is 14.3 Å². The summed E-state index contributed by atoms with van der Waals surface area (Å²) in [6.07, 6.45) is 9.70. The Labute approximate surface area is 238 Å². The molecular formula is C31H33N7O3. The molecule has 3 aromatic heterocycles. The van der Waals surface area contributed by atoms with Crippen LogP contribution in [0.25, 0.3) is 16.8 Å². The maximum atomic E-state index is 13.5. The van der Waals surface area contributed by atoms with Crippen LogP contribution in [-0.4, -0.2) is 80.7 Å². The second kappa shape index (κ2) is 11.2. The van der Waals surface area contributed by atoms with E-state index >= 15 is 0 Å². The van der Waals surface area contributed by atoms with Crippen LogP contribution < -0.4 is 5.73 Å². The number of pyridine rings is 1. The Bertz CT molecular complexity index is 1600. The van der Waals surface area contributed by atoms with Crippen molar-refractivity contribution >= 4 is 23.0 Å². The van der Waals surface area contributed by atoms with E-state index in [4.69, 9.17) is 15.5 Å². The molecule has 3 atom stereocenters. The summed E-state index contributed by atoms with van der Waals surface area (Å²) >= 11 is 0. The molecule has 0 aliphatic carbocycles. The van der Waals surface area contributed by atoms with E-state index in [1.165, 1.54) is 0 Å². The summed E-state index contributed by atoms with van der Waals surface area (Å²) in [4.78, 5) is 44.0. The number of benzene rings is 1. The van der Waals surface area contributed by atoms with Gasteiger partial charge in [-0.3, -0.25) is 19.0 Å². The van der Waals surface area contributed by atoms with Crippen molar-refractivity contribution in [3.05, 3.63) is 90.3 Å². The first-order valence-corrected chi connectivity index (χ1v) is 13.8. The largest absolute Gasteiger partial charge is 0.382 e. The molecule has 210 valence electrons. The number of amides is 1. The van der Waals surface area contributed by atoms with Gasteiger partial charge in [-0.25, -0.2) is 9.97 Å². The van der Waals surface area contributed by atoms with Gasteiger partial charge in [-0.05, 0) is 32.6 Å². The highest BCUT2D eigenvalue weighted by Crippen LogP contribution is 2.44. The van der Waals surface area contributed by atoms with E-state index in [1.54, 1.807) is 30.6 Å². The highest BCUT2D eigenvalue weighted by molar-refractivity contribution is 5.98. The zero-order valence-electron chi connectivity index (χ0n) is 23.2. The van der Waals surface area contributed by atoms with Crippen molar-refractivity contribution in [3.63, 3.8) is 0 Å². The number of likely N-dealkylation sites (tertiary alicyclic amines) is 1. The lowest BCUT2D eigenvalue weighted by molar-refractivity contribution is -0.129. The van der Waals surface area contributed by atoms with Crippen molar-refractivity contribution in [1.82, 2.24) is 29.2 Å². The number of aromatic nitrogens is 4. The second-order valence-corrected chi connectivity index (χ2v) is 10.9. The second-order valence-electron chi connectivity index (χ2n) is 10.9. The van der Waals surface area contributed by atoms with Crippen molar-refractivity contribution in [2.75, 3.05) is 39.6 Å². The molecule has 6 rings (SSSR count). The number of ketones is 1. The number of likely N-dealkylation sites (N-methyl/N-ethyl adjacent to an activating group) is 1. The Morgan fingerprint density at radius 1 is 1.10 bits per heavy atom. The van der Waals surface area contributed by atoms with Crippen LogP contribution in [0.2, 0.25) is 0 Å². The van der Waals surface area contributed by atoms with Crippen molar-refractivity contribution in [2.45, 2.75) is 24.9 Å². The minimum absolute atomic E-state index is 0.00381. The molecule has 2 fully saturated rings. The lowest BCUT2D eigenvalue weighted by atomic mass is 10.0. The first-order valence-electron chi connectivity index (χ1n) is 13.8. The Morgan fingerprint density at radius 3 is 2.68 bits per heavy atom. The van der Waals surface area contributed by atoms with Crippen LogP contribution >= 0.6 is 0 Å². The Balaban J connectivity index is 1.35. The molecule has 5 heterocycles. The van der Waals surface area contributed by atoms with E-state index in [9.17, 15) is 9.59 Å². The summed E-state index contributed by atoms with van der Waals surface area (Å²) in [5.41, 5.74) is 9.88. The Morgan fingerprint density at radius 2 is 1.93 bits per heavy atom. The van der Waals surface area contributed by atoms with Gasteiger partial charge in [0.05, 0.1) is 31.7 Å². The molecule has 0 unspecified atom stereocenters. The SMILES string of the molecule is CN(C)C/C=C/C(=O)N1[C@@H]2COC[C@@H]2C[C@H]1c1nc(-c2ccc(C(=O)Cc3ccccn3)cc2)c2c(N)nccn12. The number of Topliss-reactive ketones (excluding diaryl/α,β-unsaturated/α-hetero) is 1. The first kappa shape index (κ1) is 26.8. The van der Waals surface area contributed by atoms with E-state index in [0.717, 1.165) is 23.5 Å². The van der Waals surface area contributed by atoms with Crippen molar-refractivity contribution in [1.29, 1.82) is 0 Å². The normalized spacial score (nSPS) is 20.4. The Kier molecular flexibility index (Phi) is 7.34. The molecule has 0 bridgehead atoms. The molecule has 41 heavy (non-hydrogen) atoms. The minimum atomic E-state index is -0.243. The lowest BCUT2D eigenvalue weighted by Gasteiger charge is -2.27. The molecule has 4 aromatic rings. The topological polar surface area (TPSA) is 119 Å². The van der Waals surface area contributed by atoms with Crippen molar-refractivity contribution in [2.24, 2.45) is 5.92 Å². The number of hydrogen-bond acceptors (Lipinski definition) is 8. The maximum Gasteiger partial charge on any atom is 0.247 e. The molecule has 2 aliphatic rings. The molecule has 0 radical (unpaired) electrons. The van der Waals surface area contributed by atoms with Gasteiger partial charge in [-0.1, -0.05) is 36.4 Å². The number of fused-ring (bicyclic) bond motifs is 2. The summed E-state index contributed by atoms with van der Waals surface area (Å²) in [7, 11) is 3.93. The summed E-state index contributed by atoms with van der Waals surface area (Å²) in [6.45, 7) is 1.82. The zero-order chi connectivity index (χ0) is 28.5. The van der Waals surface area contributed by atoms with Crippen LogP contribution in [0.4, 0.5) is 5.82 Å². The number of imidazole rings is 1. The number of nitrogens with two attached hydrogens (primary N) is 1. The predicted molar refractivity (Wildman–Crippen MR) is 155 cm³/mol. The summed E-state index contributed by atoms with van der Waals surface area (Å²) in [6, 6.07) is 12.7. The third kappa shape index (κ3) is 5.23. The number of hydrogen-bond donors (Lipinski definition) is 1. The van der Waals surface area contributed by atoms with E-state index in [0.29, 0.717) is 42.4 Å².